The second-order valence-electron chi connectivity index (χ2n) is 4.25. The maximum Gasteiger partial charge on any atom is 0.119 e. The average molecular weight is 306 g/mol. The molecule has 0 amide bonds. The molecule has 1 aromatic rings. The molecule has 3 heteroatoms. The van der Waals surface area contributed by atoms with Crippen molar-refractivity contribution < 1.29 is 4.74 Å². The van der Waals surface area contributed by atoms with Crippen LogP contribution in [0.15, 0.2) is 28.7 Å². The van der Waals surface area contributed by atoms with Crippen LogP contribution in [0.2, 0.25) is 0 Å². The number of rotatable bonds is 6. The first-order chi connectivity index (χ1) is 7.63. The van der Waals surface area contributed by atoms with Crippen LogP contribution in [0.5, 0.6) is 5.75 Å². The standard InChI is InChI=1S/C13H18BrClO/c1-10(2)11(9-15)7-8-16-13-5-3-12(14)4-6-13/h3-6,10-11H,7-9H2,1-2H3. The van der Waals surface area contributed by atoms with Crippen LogP contribution in [-0.2, 0) is 0 Å². The summed E-state index contributed by atoms with van der Waals surface area (Å²) in [7, 11) is 0. The zero-order valence-corrected chi connectivity index (χ0v) is 12.1. The van der Waals surface area contributed by atoms with Crippen LogP contribution in [0.4, 0.5) is 0 Å². The fourth-order valence-electron chi connectivity index (χ4n) is 1.45. The van der Waals surface area contributed by atoms with Crippen LogP contribution in [-0.4, -0.2) is 12.5 Å². The van der Waals surface area contributed by atoms with E-state index in [1.54, 1.807) is 0 Å². The van der Waals surface area contributed by atoms with Gasteiger partial charge >= 0.3 is 0 Å². The van der Waals surface area contributed by atoms with Crippen molar-refractivity contribution in [1.29, 1.82) is 0 Å². The van der Waals surface area contributed by atoms with E-state index in [0.717, 1.165) is 23.2 Å². The fourth-order valence-corrected chi connectivity index (χ4v) is 2.22. The van der Waals surface area contributed by atoms with E-state index < -0.39 is 0 Å². The normalized spacial score (nSPS) is 12.8. The van der Waals surface area contributed by atoms with Crippen LogP contribution in [0.1, 0.15) is 20.3 Å². The SMILES string of the molecule is CC(C)C(CCl)CCOc1ccc(Br)cc1. The molecule has 0 aliphatic heterocycles. The van der Waals surface area contributed by atoms with Crippen molar-refractivity contribution in [2.45, 2.75) is 20.3 Å². The Kier molecular flexibility index (Phi) is 6.22. The molecule has 0 aromatic heterocycles. The molecule has 1 atom stereocenters. The zero-order valence-electron chi connectivity index (χ0n) is 9.75. The summed E-state index contributed by atoms with van der Waals surface area (Å²) >= 11 is 9.30. The van der Waals surface area contributed by atoms with Crippen molar-refractivity contribution in [1.82, 2.24) is 0 Å². The van der Waals surface area contributed by atoms with Crippen molar-refractivity contribution >= 4 is 27.5 Å². The van der Waals surface area contributed by atoms with E-state index in [9.17, 15) is 0 Å². The van der Waals surface area contributed by atoms with Crippen molar-refractivity contribution in [2.75, 3.05) is 12.5 Å². The van der Waals surface area contributed by atoms with Crippen molar-refractivity contribution in [3.05, 3.63) is 28.7 Å². The maximum absolute atomic E-state index is 5.90. The van der Waals surface area contributed by atoms with E-state index in [1.165, 1.54) is 0 Å². The number of ether oxygens (including phenoxy) is 1. The van der Waals surface area contributed by atoms with Crippen molar-refractivity contribution in [3.63, 3.8) is 0 Å². The first-order valence-corrected chi connectivity index (χ1v) is 6.90. The van der Waals surface area contributed by atoms with E-state index in [1.807, 2.05) is 24.3 Å². The van der Waals surface area contributed by atoms with Gasteiger partial charge in [-0.15, -0.1) is 11.6 Å². The van der Waals surface area contributed by atoms with E-state index in [2.05, 4.69) is 29.8 Å². The Bertz CT molecular complexity index is 297. The Balaban J connectivity index is 2.32. The molecule has 0 bridgehead atoms. The molecule has 0 N–H and O–H groups in total. The van der Waals surface area contributed by atoms with Gasteiger partial charge in [-0.25, -0.2) is 0 Å². The molecule has 0 saturated heterocycles. The van der Waals surface area contributed by atoms with Gasteiger partial charge in [0.2, 0.25) is 0 Å². The minimum Gasteiger partial charge on any atom is -0.494 e. The Hall–Kier alpha value is -0.210. The Morgan fingerprint density at radius 2 is 1.88 bits per heavy atom. The maximum atomic E-state index is 5.90. The van der Waals surface area contributed by atoms with E-state index in [0.29, 0.717) is 17.7 Å². The van der Waals surface area contributed by atoms with Crippen LogP contribution < -0.4 is 4.74 Å². The predicted molar refractivity (Wildman–Crippen MR) is 73.3 cm³/mol. The molecule has 0 aliphatic rings. The van der Waals surface area contributed by atoms with Crippen LogP contribution in [0.25, 0.3) is 0 Å². The Morgan fingerprint density at radius 3 is 2.38 bits per heavy atom. The fraction of sp³-hybridized carbons (Fsp3) is 0.538. The minimum absolute atomic E-state index is 0.539. The summed E-state index contributed by atoms with van der Waals surface area (Å²) in [5, 5.41) is 0. The topological polar surface area (TPSA) is 9.23 Å². The molecule has 0 fully saturated rings. The molecule has 16 heavy (non-hydrogen) atoms. The number of hydrogen-bond acceptors (Lipinski definition) is 1. The first-order valence-electron chi connectivity index (χ1n) is 5.57. The second-order valence-corrected chi connectivity index (χ2v) is 5.47. The van der Waals surface area contributed by atoms with Crippen LogP contribution >= 0.6 is 27.5 Å². The summed E-state index contributed by atoms with van der Waals surface area (Å²) in [6.45, 7) is 5.14. The highest BCUT2D eigenvalue weighted by Gasteiger charge is 2.11. The highest BCUT2D eigenvalue weighted by molar-refractivity contribution is 9.10. The summed E-state index contributed by atoms with van der Waals surface area (Å²) in [5.74, 6) is 2.78. The molecule has 0 radical (unpaired) electrons. The van der Waals surface area contributed by atoms with Gasteiger partial charge < -0.3 is 4.74 Å². The largest absolute Gasteiger partial charge is 0.494 e. The lowest BCUT2D eigenvalue weighted by molar-refractivity contribution is 0.261. The van der Waals surface area contributed by atoms with E-state index in [4.69, 9.17) is 16.3 Å². The van der Waals surface area contributed by atoms with E-state index in [-0.39, 0.29) is 0 Å². The molecule has 0 aliphatic carbocycles. The van der Waals surface area contributed by atoms with Gasteiger partial charge in [-0.1, -0.05) is 29.8 Å². The highest BCUT2D eigenvalue weighted by atomic mass is 79.9. The highest BCUT2D eigenvalue weighted by Crippen LogP contribution is 2.19. The minimum atomic E-state index is 0.539. The number of alkyl halides is 1. The molecule has 0 spiro atoms. The van der Waals surface area contributed by atoms with Gasteiger partial charge in [0.15, 0.2) is 0 Å². The average Bonchev–Trinajstić information content (AvgIpc) is 2.26. The monoisotopic (exact) mass is 304 g/mol. The summed E-state index contributed by atoms with van der Waals surface area (Å²) < 4.78 is 6.73. The summed E-state index contributed by atoms with van der Waals surface area (Å²) in [6.07, 6.45) is 1.01. The molecule has 1 nitrogen and oxygen atoms in total. The van der Waals surface area contributed by atoms with Gasteiger partial charge in [-0.2, -0.15) is 0 Å². The lowest BCUT2D eigenvalue weighted by Gasteiger charge is -2.17. The van der Waals surface area contributed by atoms with Gasteiger partial charge in [0, 0.05) is 10.4 Å². The quantitative estimate of drug-likeness (QED) is 0.690. The van der Waals surface area contributed by atoms with Gasteiger partial charge in [0.1, 0.15) is 5.75 Å². The summed E-state index contributed by atoms with van der Waals surface area (Å²) in [4.78, 5) is 0. The molecule has 1 rings (SSSR count). The van der Waals surface area contributed by atoms with Gasteiger partial charge in [0.05, 0.1) is 6.61 Å². The molecular formula is C13H18BrClO. The van der Waals surface area contributed by atoms with Crippen LogP contribution in [0, 0.1) is 11.8 Å². The molecule has 1 unspecified atom stereocenters. The van der Waals surface area contributed by atoms with Crippen LogP contribution in [0.3, 0.4) is 0 Å². The molecule has 90 valence electrons. The molecule has 0 heterocycles. The zero-order chi connectivity index (χ0) is 12.0. The first kappa shape index (κ1) is 13.9. The molecule has 1 aromatic carbocycles. The summed E-state index contributed by atoms with van der Waals surface area (Å²) in [6, 6.07) is 7.90. The predicted octanol–water partition coefficient (Wildman–Crippen LogP) is 4.73. The third kappa shape index (κ3) is 4.75. The lowest BCUT2D eigenvalue weighted by Crippen LogP contribution is -2.14. The van der Waals surface area contributed by atoms with Crippen molar-refractivity contribution in [3.8, 4) is 5.75 Å². The lowest BCUT2D eigenvalue weighted by atomic mass is 9.95. The number of hydrogen-bond donors (Lipinski definition) is 0. The van der Waals surface area contributed by atoms with Gasteiger partial charge in [0.25, 0.3) is 0 Å². The molecular weight excluding hydrogens is 287 g/mol. The van der Waals surface area contributed by atoms with Gasteiger partial charge in [-0.3, -0.25) is 0 Å². The second kappa shape index (κ2) is 7.18. The third-order valence-electron chi connectivity index (χ3n) is 2.71. The Morgan fingerprint density at radius 1 is 1.25 bits per heavy atom. The molecule has 0 saturated carbocycles. The number of halogens is 2. The third-order valence-corrected chi connectivity index (χ3v) is 3.64. The summed E-state index contributed by atoms with van der Waals surface area (Å²) in [5.41, 5.74) is 0. The van der Waals surface area contributed by atoms with E-state index >= 15 is 0 Å². The smallest absolute Gasteiger partial charge is 0.119 e. The Labute approximate surface area is 111 Å². The van der Waals surface area contributed by atoms with Crippen molar-refractivity contribution in [2.24, 2.45) is 11.8 Å². The van der Waals surface area contributed by atoms with Gasteiger partial charge in [-0.05, 0) is 42.5 Å². The number of benzene rings is 1.